The SMILES string of the molecule is CCCCCCCCCCCCCCCCCCCCc1cccc(CCCCCCCCCCCCCCCCCCCC)c1CC. The van der Waals surface area contributed by atoms with Gasteiger partial charge in [-0.2, -0.15) is 0 Å². The fourth-order valence-corrected chi connectivity index (χ4v) is 8.04. The van der Waals surface area contributed by atoms with Crippen LogP contribution >= 0.6 is 0 Å². The molecule has 0 saturated heterocycles. The minimum atomic E-state index is 1.21. The molecule has 0 aliphatic heterocycles. The van der Waals surface area contributed by atoms with Crippen LogP contribution in [0.2, 0.25) is 0 Å². The maximum Gasteiger partial charge on any atom is -0.0276 e. The Morgan fingerprint density at radius 2 is 0.479 bits per heavy atom. The molecule has 0 saturated carbocycles. The highest BCUT2D eigenvalue weighted by atomic mass is 14.1. The predicted octanol–water partition coefficient (Wildman–Crippen LogP) is 17.4. The summed E-state index contributed by atoms with van der Waals surface area (Å²) in [6.07, 6.45) is 56.3. The van der Waals surface area contributed by atoms with Crippen molar-refractivity contribution in [1.82, 2.24) is 0 Å². The molecule has 282 valence electrons. The zero-order valence-electron chi connectivity index (χ0n) is 33.8. The molecule has 0 N–H and O–H groups in total. The average molecular weight is 667 g/mol. The standard InChI is InChI=1S/C48H90/c1-4-7-9-11-13-15-17-19-21-23-25-27-29-31-33-35-37-39-42-46-44-41-45-47(48(46)6-3)43-40-38-36-34-32-30-28-26-24-22-20-18-16-14-12-10-8-5-2/h41,44-45H,4-40,42-43H2,1-3H3. The maximum absolute atomic E-state index is 2.44. The Labute approximate surface area is 305 Å². The number of benzene rings is 1. The van der Waals surface area contributed by atoms with Crippen molar-refractivity contribution < 1.29 is 0 Å². The van der Waals surface area contributed by atoms with Crippen molar-refractivity contribution in [2.45, 2.75) is 271 Å². The lowest BCUT2D eigenvalue weighted by molar-refractivity contribution is 0.524. The summed E-state index contributed by atoms with van der Waals surface area (Å²) in [5.74, 6) is 0. The second-order valence-corrected chi connectivity index (χ2v) is 15.9. The van der Waals surface area contributed by atoms with Crippen molar-refractivity contribution in [3.8, 4) is 0 Å². The number of hydrogen-bond donors (Lipinski definition) is 0. The highest BCUT2D eigenvalue weighted by Gasteiger charge is 2.07. The minimum absolute atomic E-state index is 1.21. The van der Waals surface area contributed by atoms with Gasteiger partial charge in [0.05, 0.1) is 0 Å². The summed E-state index contributed by atoms with van der Waals surface area (Å²) >= 11 is 0. The topological polar surface area (TPSA) is 0 Å². The van der Waals surface area contributed by atoms with E-state index >= 15 is 0 Å². The van der Waals surface area contributed by atoms with E-state index in [-0.39, 0.29) is 0 Å². The van der Waals surface area contributed by atoms with E-state index in [1.165, 1.54) is 250 Å². The second-order valence-electron chi connectivity index (χ2n) is 15.9. The van der Waals surface area contributed by atoms with E-state index in [0.29, 0.717) is 0 Å². The van der Waals surface area contributed by atoms with Gasteiger partial charge in [0, 0.05) is 0 Å². The van der Waals surface area contributed by atoms with E-state index < -0.39 is 0 Å². The van der Waals surface area contributed by atoms with Crippen LogP contribution in [0.1, 0.15) is 269 Å². The van der Waals surface area contributed by atoms with Gasteiger partial charge in [0.2, 0.25) is 0 Å². The molecule has 0 atom stereocenters. The maximum atomic E-state index is 2.44. The first-order valence-corrected chi connectivity index (χ1v) is 22.9. The summed E-state index contributed by atoms with van der Waals surface area (Å²) in [6.45, 7) is 7.00. The van der Waals surface area contributed by atoms with E-state index in [9.17, 15) is 0 Å². The fourth-order valence-electron chi connectivity index (χ4n) is 8.04. The number of aryl methyl sites for hydroxylation is 2. The smallest absolute Gasteiger partial charge is 0.0276 e. The highest BCUT2D eigenvalue weighted by Crippen LogP contribution is 2.22. The van der Waals surface area contributed by atoms with Gasteiger partial charge >= 0.3 is 0 Å². The normalized spacial score (nSPS) is 11.6. The predicted molar refractivity (Wildman–Crippen MR) is 221 cm³/mol. The first-order valence-electron chi connectivity index (χ1n) is 22.9. The molecule has 0 bridgehead atoms. The average Bonchev–Trinajstić information content (AvgIpc) is 3.10. The first kappa shape index (κ1) is 45.2. The van der Waals surface area contributed by atoms with Crippen molar-refractivity contribution in [2.75, 3.05) is 0 Å². The van der Waals surface area contributed by atoms with Crippen LogP contribution in [0.15, 0.2) is 18.2 Å². The molecule has 0 amide bonds. The summed E-state index contributed by atoms with van der Waals surface area (Å²) < 4.78 is 0. The van der Waals surface area contributed by atoms with Crippen LogP contribution in [0.4, 0.5) is 0 Å². The zero-order chi connectivity index (χ0) is 34.4. The first-order chi connectivity index (χ1) is 23.8. The molecule has 0 fully saturated rings. The third-order valence-corrected chi connectivity index (χ3v) is 11.3. The Bertz CT molecular complexity index is 688. The van der Waals surface area contributed by atoms with E-state index in [2.05, 4.69) is 39.0 Å². The van der Waals surface area contributed by atoms with E-state index in [0.717, 1.165) is 0 Å². The van der Waals surface area contributed by atoms with E-state index in [1.807, 2.05) is 0 Å². The second kappa shape index (κ2) is 37.5. The Morgan fingerprint density at radius 3 is 0.688 bits per heavy atom. The van der Waals surface area contributed by atoms with Gasteiger partial charge in [-0.15, -0.1) is 0 Å². The van der Waals surface area contributed by atoms with Crippen LogP contribution in [-0.2, 0) is 19.3 Å². The van der Waals surface area contributed by atoms with Crippen LogP contribution in [0.3, 0.4) is 0 Å². The molecule has 0 radical (unpaired) electrons. The summed E-state index contributed by atoms with van der Waals surface area (Å²) in [5.41, 5.74) is 5.01. The quantitative estimate of drug-likeness (QED) is 0.0613. The Morgan fingerprint density at radius 1 is 0.271 bits per heavy atom. The monoisotopic (exact) mass is 667 g/mol. The van der Waals surface area contributed by atoms with Crippen LogP contribution in [0.5, 0.6) is 0 Å². The Kier molecular flexibility index (Phi) is 35.3. The van der Waals surface area contributed by atoms with E-state index in [4.69, 9.17) is 0 Å². The van der Waals surface area contributed by atoms with Crippen molar-refractivity contribution >= 4 is 0 Å². The van der Waals surface area contributed by atoms with Gasteiger partial charge in [0.1, 0.15) is 0 Å². The summed E-state index contributed by atoms with van der Waals surface area (Å²) in [7, 11) is 0. The molecule has 0 heterocycles. The molecular formula is C48H90. The lowest BCUT2D eigenvalue weighted by atomic mass is 9.92. The lowest BCUT2D eigenvalue weighted by Gasteiger charge is -2.14. The molecule has 1 rings (SSSR count). The molecule has 0 unspecified atom stereocenters. The van der Waals surface area contributed by atoms with E-state index in [1.54, 1.807) is 16.7 Å². The number of hydrogen-bond acceptors (Lipinski definition) is 0. The lowest BCUT2D eigenvalue weighted by Crippen LogP contribution is -2.00. The summed E-state index contributed by atoms with van der Waals surface area (Å²) in [5, 5.41) is 0. The number of unbranched alkanes of at least 4 members (excludes halogenated alkanes) is 34. The zero-order valence-corrected chi connectivity index (χ0v) is 33.8. The largest absolute Gasteiger partial charge is 0.0654 e. The van der Waals surface area contributed by atoms with Crippen LogP contribution < -0.4 is 0 Å². The molecule has 0 nitrogen and oxygen atoms in total. The van der Waals surface area contributed by atoms with Crippen LogP contribution in [-0.4, -0.2) is 0 Å². The molecule has 0 spiro atoms. The Balaban J connectivity index is 1.94. The summed E-state index contributed by atoms with van der Waals surface area (Å²) in [6, 6.07) is 7.23. The number of rotatable bonds is 39. The van der Waals surface area contributed by atoms with Gasteiger partial charge in [-0.1, -0.05) is 257 Å². The van der Waals surface area contributed by atoms with Gasteiger partial charge in [0.15, 0.2) is 0 Å². The molecule has 0 aliphatic carbocycles. The van der Waals surface area contributed by atoms with Crippen LogP contribution in [0.25, 0.3) is 0 Å². The third kappa shape index (κ3) is 29.0. The van der Waals surface area contributed by atoms with Gasteiger partial charge < -0.3 is 0 Å². The molecule has 1 aromatic carbocycles. The van der Waals surface area contributed by atoms with Crippen molar-refractivity contribution in [2.24, 2.45) is 0 Å². The minimum Gasteiger partial charge on any atom is -0.0654 e. The van der Waals surface area contributed by atoms with Crippen molar-refractivity contribution in [3.05, 3.63) is 34.9 Å². The van der Waals surface area contributed by atoms with Crippen molar-refractivity contribution in [3.63, 3.8) is 0 Å². The van der Waals surface area contributed by atoms with Gasteiger partial charge in [-0.25, -0.2) is 0 Å². The highest BCUT2D eigenvalue weighted by molar-refractivity contribution is 5.35. The Hall–Kier alpha value is -0.780. The summed E-state index contributed by atoms with van der Waals surface area (Å²) in [4.78, 5) is 0. The van der Waals surface area contributed by atoms with Crippen LogP contribution in [0, 0.1) is 0 Å². The van der Waals surface area contributed by atoms with Gasteiger partial charge in [0.25, 0.3) is 0 Å². The van der Waals surface area contributed by atoms with Gasteiger partial charge in [-0.05, 0) is 48.8 Å². The molecule has 48 heavy (non-hydrogen) atoms. The van der Waals surface area contributed by atoms with Crippen molar-refractivity contribution in [1.29, 1.82) is 0 Å². The molecule has 0 aliphatic rings. The molecule has 0 heteroatoms. The van der Waals surface area contributed by atoms with Gasteiger partial charge in [-0.3, -0.25) is 0 Å². The molecular weight excluding hydrogens is 577 g/mol. The third-order valence-electron chi connectivity index (χ3n) is 11.3. The molecule has 1 aromatic rings. The fraction of sp³-hybridized carbons (Fsp3) is 0.875. The molecule has 0 aromatic heterocycles.